The average Bonchev–Trinajstić information content (AvgIpc) is 2.75. The standard InChI is InChI=1S/C25H27N3O3/c1-17-12-13-22(31-3)21(14-17)27-25(30)23(19-9-5-4-6-10-19)28(2)16-18-8-7-11-20(15-18)24(26)29/h4-15,23H,16H2,1-3H3,(H2,26,29)(H,27,30)/t23-/m1/s1. The van der Waals surface area contributed by atoms with Crippen LogP contribution in [0.2, 0.25) is 0 Å². The van der Waals surface area contributed by atoms with Crippen LogP contribution in [0.4, 0.5) is 5.69 Å². The maximum atomic E-state index is 13.4. The molecule has 0 aromatic heterocycles. The van der Waals surface area contributed by atoms with Gasteiger partial charge in [-0.1, -0.05) is 48.5 Å². The number of hydrogen-bond acceptors (Lipinski definition) is 4. The number of nitrogens with one attached hydrogen (secondary N) is 1. The smallest absolute Gasteiger partial charge is 0.248 e. The minimum Gasteiger partial charge on any atom is -0.495 e. The van der Waals surface area contributed by atoms with Crippen LogP contribution in [0, 0.1) is 6.92 Å². The Kier molecular flexibility index (Phi) is 7.05. The van der Waals surface area contributed by atoms with Gasteiger partial charge in [0.05, 0.1) is 12.8 Å². The SMILES string of the molecule is COc1ccc(C)cc1NC(=O)[C@@H](c1ccccc1)N(C)Cc1cccc(C(N)=O)c1. The van der Waals surface area contributed by atoms with E-state index in [0.29, 0.717) is 23.5 Å². The number of nitrogens with two attached hydrogens (primary N) is 1. The Balaban J connectivity index is 1.90. The first-order valence-corrected chi connectivity index (χ1v) is 9.98. The predicted molar refractivity (Wildman–Crippen MR) is 122 cm³/mol. The van der Waals surface area contributed by atoms with Crippen molar-refractivity contribution in [3.8, 4) is 5.75 Å². The summed E-state index contributed by atoms with van der Waals surface area (Å²) in [6, 6.07) is 21.8. The van der Waals surface area contributed by atoms with Crippen LogP contribution in [0.15, 0.2) is 72.8 Å². The lowest BCUT2D eigenvalue weighted by molar-refractivity contribution is -0.121. The number of anilines is 1. The molecule has 160 valence electrons. The van der Waals surface area contributed by atoms with E-state index in [1.807, 2.05) is 73.5 Å². The van der Waals surface area contributed by atoms with Gasteiger partial charge in [-0.05, 0) is 54.9 Å². The van der Waals surface area contributed by atoms with Gasteiger partial charge in [0, 0.05) is 12.1 Å². The summed E-state index contributed by atoms with van der Waals surface area (Å²) in [6.07, 6.45) is 0. The summed E-state index contributed by atoms with van der Waals surface area (Å²) in [4.78, 5) is 26.9. The molecule has 0 aliphatic rings. The van der Waals surface area contributed by atoms with E-state index in [1.54, 1.807) is 25.3 Å². The molecule has 0 aliphatic heterocycles. The van der Waals surface area contributed by atoms with Crippen molar-refractivity contribution in [1.82, 2.24) is 4.90 Å². The van der Waals surface area contributed by atoms with Gasteiger partial charge in [0.15, 0.2) is 0 Å². The Labute approximate surface area is 182 Å². The molecule has 0 spiro atoms. The Morgan fingerprint density at radius 3 is 2.45 bits per heavy atom. The molecule has 6 nitrogen and oxygen atoms in total. The minimum atomic E-state index is -0.552. The molecule has 0 saturated carbocycles. The van der Waals surface area contributed by atoms with Crippen molar-refractivity contribution in [2.75, 3.05) is 19.5 Å². The Hall–Kier alpha value is -3.64. The molecule has 31 heavy (non-hydrogen) atoms. The lowest BCUT2D eigenvalue weighted by Crippen LogP contribution is -2.34. The maximum absolute atomic E-state index is 13.4. The van der Waals surface area contributed by atoms with Crippen molar-refractivity contribution in [3.63, 3.8) is 0 Å². The van der Waals surface area contributed by atoms with E-state index >= 15 is 0 Å². The number of primary amides is 1. The average molecular weight is 418 g/mol. The number of benzene rings is 3. The van der Waals surface area contributed by atoms with Gasteiger partial charge in [-0.2, -0.15) is 0 Å². The molecular formula is C25H27N3O3. The van der Waals surface area contributed by atoms with Crippen LogP contribution in [0.5, 0.6) is 5.75 Å². The van der Waals surface area contributed by atoms with E-state index in [0.717, 1.165) is 16.7 Å². The number of carbonyl (C=O) groups excluding carboxylic acids is 2. The second-order valence-corrected chi connectivity index (χ2v) is 7.49. The molecule has 0 saturated heterocycles. The fraction of sp³-hybridized carbons (Fsp3) is 0.200. The molecule has 3 aromatic carbocycles. The summed E-state index contributed by atoms with van der Waals surface area (Å²) in [5, 5.41) is 3.02. The largest absolute Gasteiger partial charge is 0.495 e. The van der Waals surface area contributed by atoms with Crippen molar-refractivity contribution < 1.29 is 14.3 Å². The number of amides is 2. The summed E-state index contributed by atoms with van der Waals surface area (Å²) >= 11 is 0. The van der Waals surface area contributed by atoms with Gasteiger partial charge in [0.1, 0.15) is 11.8 Å². The molecule has 0 radical (unpaired) electrons. The minimum absolute atomic E-state index is 0.177. The second kappa shape index (κ2) is 9.91. The zero-order valence-corrected chi connectivity index (χ0v) is 18.0. The van der Waals surface area contributed by atoms with Gasteiger partial charge in [-0.3, -0.25) is 14.5 Å². The van der Waals surface area contributed by atoms with Crippen LogP contribution in [-0.2, 0) is 11.3 Å². The number of likely N-dealkylation sites (N-methyl/N-ethyl adjacent to an activating group) is 1. The van der Waals surface area contributed by atoms with E-state index < -0.39 is 11.9 Å². The van der Waals surface area contributed by atoms with Crippen LogP contribution in [0.25, 0.3) is 0 Å². The van der Waals surface area contributed by atoms with Crippen LogP contribution in [-0.4, -0.2) is 30.9 Å². The van der Waals surface area contributed by atoms with Gasteiger partial charge in [0.2, 0.25) is 11.8 Å². The van der Waals surface area contributed by atoms with Gasteiger partial charge in [-0.25, -0.2) is 0 Å². The van der Waals surface area contributed by atoms with Gasteiger partial charge in [0.25, 0.3) is 0 Å². The number of hydrogen-bond donors (Lipinski definition) is 2. The number of ether oxygens (including phenoxy) is 1. The van der Waals surface area contributed by atoms with Crippen molar-refractivity contribution >= 4 is 17.5 Å². The highest BCUT2D eigenvalue weighted by Gasteiger charge is 2.26. The van der Waals surface area contributed by atoms with Crippen molar-refractivity contribution in [2.24, 2.45) is 5.73 Å². The second-order valence-electron chi connectivity index (χ2n) is 7.49. The van der Waals surface area contributed by atoms with Crippen LogP contribution < -0.4 is 15.8 Å². The number of methoxy groups -OCH3 is 1. The van der Waals surface area contributed by atoms with Gasteiger partial charge in [-0.15, -0.1) is 0 Å². The normalized spacial score (nSPS) is 11.7. The molecule has 0 unspecified atom stereocenters. The fourth-order valence-electron chi connectivity index (χ4n) is 3.56. The monoisotopic (exact) mass is 417 g/mol. The first kappa shape index (κ1) is 22.1. The Bertz CT molecular complexity index is 1070. The van der Waals surface area contributed by atoms with E-state index in [-0.39, 0.29) is 5.91 Å². The quantitative estimate of drug-likeness (QED) is 0.582. The molecule has 0 bridgehead atoms. The predicted octanol–water partition coefficient (Wildman–Crippen LogP) is 3.91. The zero-order valence-electron chi connectivity index (χ0n) is 18.0. The van der Waals surface area contributed by atoms with Crippen molar-refractivity contribution in [3.05, 3.63) is 95.1 Å². The number of rotatable bonds is 8. The van der Waals surface area contributed by atoms with Crippen molar-refractivity contribution in [1.29, 1.82) is 0 Å². The third-order valence-corrected chi connectivity index (χ3v) is 5.06. The highest BCUT2D eigenvalue weighted by atomic mass is 16.5. The zero-order chi connectivity index (χ0) is 22.4. The number of aryl methyl sites for hydroxylation is 1. The van der Waals surface area contributed by atoms with E-state index in [9.17, 15) is 9.59 Å². The summed E-state index contributed by atoms with van der Waals surface area (Å²) in [5.41, 5.74) is 9.24. The molecule has 3 N–H and O–H groups in total. The first-order valence-electron chi connectivity index (χ1n) is 9.98. The first-order chi connectivity index (χ1) is 14.9. The van der Waals surface area contributed by atoms with Crippen LogP contribution in [0.3, 0.4) is 0 Å². The van der Waals surface area contributed by atoms with E-state index in [1.165, 1.54) is 0 Å². The molecule has 2 amide bonds. The molecule has 0 heterocycles. The van der Waals surface area contributed by atoms with E-state index in [4.69, 9.17) is 10.5 Å². The van der Waals surface area contributed by atoms with Crippen LogP contribution >= 0.6 is 0 Å². The summed E-state index contributed by atoms with van der Waals surface area (Å²) in [7, 11) is 3.45. The summed E-state index contributed by atoms with van der Waals surface area (Å²) < 4.78 is 5.41. The third kappa shape index (κ3) is 5.49. The molecular weight excluding hydrogens is 390 g/mol. The van der Waals surface area contributed by atoms with Crippen LogP contribution in [0.1, 0.15) is 33.1 Å². The number of nitrogens with zero attached hydrogens (tertiary/aromatic N) is 1. The topological polar surface area (TPSA) is 84.7 Å². The van der Waals surface area contributed by atoms with E-state index in [2.05, 4.69) is 5.32 Å². The number of carbonyl (C=O) groups is 2. The Morgan fingerprint density at radius 2 is 1.77 bits per heavy atom. The highest BCUT2D eigenvalue weighted by molar-refractivity contribution is 5.97. The molecule has 0 fully saturated rings. The maximum Gasteiger partial charge on any atom is 0.248 e. The molecule has 1 atom stereocenters. The summed E-state index contributed by atoms with van der Waals surface area (Å²) in [5.74, 6) is -0.0559. The Morgan fingerprint density at radius 1 is 1.03 bits per heavy atom. The molecule has 3 rings (SSSR count). The van der Waals surface area contributed by atoms with Crippen molar-refractivity contribution in [2.45, 2.75) is 19.5 Å². The molecule has 6 heteroatoms. The van der Waals surface area contributed by atoms with Gasteiger partial charge >= 0.3 is 0 Å². The highest BCUT2D eigenvalue weighted by Crippen LogP contribution is 2.29. The lowest BCUT2D eigenvalue weighted by atomic mass is 10.0. The summed E-state index contributed by atoms with van der Waals surface area (Å²) in [6.45, 7) is 2.42. The van der Waals surface area contributed by atoms with Gasteiger partial charge < -0.3 is 15.8 Å². The lowest BCUT2D eigenvalue weighted by Gasteiger charge is -2.28. The molecule has 0 aliphatic carbocycles. The third-order valence-electron chi connectivity index (χ3n) is 5.06. The molecule has 3 aromatic rings. The fourth-order valence-corrected chi connectivity index (χ4v) is 3.56.